The molecule has 23 heavy (non-hydrogen) atoms. The van der Waals surface area contributed by atoms with Crippen LogP contribution in [0.3, 0.4) is 0 Å². The second-order valence-corrected chi connectivity index (χ2v) is 5.11. The van der Waals surface area contributed by atoms with E-state index >= 15 is 0 Å². The molecule has 1 fully saturated rings. The van der Waals surface area contributed by atoms with Gasteiger partial charge < -0.3 is 10.1 Å². The molecule has 0 saturated carbocycles. The summed E-state index contributed by atoms with van der Waals surface area (Å²) < 4.78 is 40.5. The van der Waals surface area contributed by atoms with Gasteiger partial charge in [-0.1, -0.05) is 23.7 Å². The Morgan fingerprint density at radius 2 is 1.87 bits per heavy atom. The number of piperazine rings is 1. The first-order valence-corrected chi connectivity index (χ1v) is 6.91. The van der Waals surface area contributed by atoms with Gasteiger partial charge in [0.2, 0.25) is 0 Å². The van der Waals surface area contributed by atoms with Crippen LogP contribution in [-0.4, -0.2) is 37.4 Å². The summed E-state index contributed by atoms with van der Waals surface area (Å²) in [7, 11) is 0. The lowest BCUT2D eigenvalue weighted by molar-refractivity contribution is -0.274. The normalized spacial score (nSPS) is 16.7. The third-order valence-corrected chi connectivity index (χ3v) is 3.59. The van der Waals surface area contributed by atoms with Crippen LogP contribution in [0.5, 0.6) is 5.75 Å². The number of hydrogen-bond acceptors (Lipinski definition) is 3. The van der Waals surface area contributed by atoms with Gasteiger partial charge in [0.1, 0.15) is 5.75 Å². The van der Waals surface area contributed by atoms with Crippen LogP contribution in [0, 0.1) is 0 Å². The van der Waals surface area contributed by atoms with Crippen molar-refractivity contribution in [2.45, 2.75) is 12.4 Å². The zero-order valence-electron chi connectivity index (χ0n) is 12.1. The highest BCUT2D eigenvalue weighted by Gasteiger charge is 2.32. The average molecular weight is 394 g/mol. The van der Waals surface area contributed by atoms with Crippen molar-refractivity contribution in [1.29, 1.82) is 0 Å². The van der Waals surface area contributed by atoms with E-state index in [2.05, 4.69) is 21.5 Å². The molecule has 1 atom stereocenters. The van der Waals surface area contributed by atoms with Crippen molar-refractivity contribution in [2.75, 3.05) is 26.2 Å². The summed E-state index contributed by atoms with van der Waals surface area (Å²) in [5, 5.41) is 3.18. The van der Waals surface area contributed by atoms with Crippen molar-refractivity contribution in [3.05, 3.63) is 41.4 Å². The predicted molar refractivity (Wildman–Crippen MR) is 90.0 cm³/mol. The van der Waals surface area contributed by atoms with Gasteiger partial charge >= 0.3 is 6.36 Å². The quantitative estimate of drug-likeness (QED) is 0.775. The fourth-order valence-electron chi connectivity index (χ4n) is 2.36. The lowest BCUT2D eigenvalue weighted by atomic mass is 10.0. The summed E-state index contributed by atoms with van der Waals surface area (Å²) in [6, 6.07) is 4.24. The molecule has 2 rings (SSSR count). The van der Waals surface area contributed by atoms with Gasteiger partial charge in [0.15, 0.2) is 0 Å². The Labute approximate surface area is 150 Å². The van der Waals surface area contributed by atoms with Crippen LogP contribution in [0.1, 0.15) is 11.6 Å². The number of ether oxygens (including phenoxy) is 1. The minimum atomic E-state index is -4.75. The molecule has 0 radical (unpaired) electrons. The number of nitrogens with zero attached hydrogens (tertiary/aromatic N) is 1. The van der Waals surface area contributed by atoms with Crippen molar-refractivity contribution in [1.82, 2.24) is 10.2 Å². The Morgan fingerprint density at radius 1 is 1.26 bits per heavy atom. The third kappa shape index (κ3) is 6.39. The van der Waals surface area contributed by atoms with Crippen LogP contribution in [0.15, 0.2) is 30.9 Å². The number of alkyl halides is 3. The Kier molecular flexibility index (Phi) is 9.32. The van der Waals surface area contributed by atoms with Gasteiger partial charge in [0.25, 0.3) is 0 Å². The molecule has 0 aliphatic carbocycles. The smallest absolute Gasteiger partial charge is 0.404 e. The van der Waals surface area contributed by atoms with Gasteiger partial charge in [-0.05, 0) is 17.7 Å². The lowest BCUT2D eigenvalue weighted by Gasteiger charge is -2.33. The predicted octanol–water partition coefficient (Wildman–Crippen LogP) is 4.21. The number of nitrogens with one attached hydrogen (secondary N) is 1. The summed E-state index contributed by atoms with van der Waals surface area (Å²) in [6.45, 7) is 7.23. The van der Waals surface area contributed by atoms with Crippen LogP contribution in [-0.2, 0) is 0 Å². The van der Waals surface area contributed by atoms with Crippen LogP contribution in [0.2, 0.25) is 5.02 Å². The minimum absolute atomic E-state index is 0. The maximum absolute atomic E-state index is 12.2. The molecule has 1 aliphatic rings. The van der Waals surface area contributed by atoms with Crippen molar-refractivity contribution < 1.29 is 17.9 Å². The average Bonchev–Trinajstić information content (AvgIpc) is 2.42. The molecule has 9 heteroatoms. The monoisotopic (exact) mass is 392 g/mol. The van der Waals surface area contributed by atoms with E-state index in [1.165, 1.54) is 12.1 Å². The highest BCUT2D eigenvalue weighted by molar-refractivity contribution is 6.32. The fraction of sp³-hybridized carbons (Fsp3) is 0.429. The lowest BCUT2D eigenvalue weighted by Crippen LogP contribution is -2.44. The van der Waals surface area contributed by atoms with Gasteiger partial charge in [-0.25, -0.2) is 0 Å². The van der Waals surface area contributed by atoms with Crippen LogP contribution in [0.4, 0.5) is 13.2 Å². The van der Waals surface area contributed by atoms with Crippen molar-refractivity contribution in [3.63, 3.8) is 0 Å². The van der Waals surface area contributed by atoms with Crippen LogP contribution < -0.4 is 10.1 Å². The molecule has 1 aliphatic heterocycles. The molecule has 0 spiro atoms. The molecular weight excluding hydrogens is 376 g/mol. The molecule has 0 bridgehead atoms. The summed E-state index contributed by atoms with van der Waals surface area (Å²) in [5.74, 6) is -0.393. The topological polar surface area (TPSA) is 24.5 Å². The molecule has 0 unspecified atom stereocenters. The summed E-state index contributed by atoms with van der Waals surface area (Å²) in [6.07, 6.45) is -2.98. The molecular formula is C14H18Cl3F3N2O. The summed E-state index contributed by atoms with van der Waals surface area (Å²) in [4.78, 5) is 2.19. The highest BCUT2D eigenvalue weighted by Crippen LogP contribution is 2.33. The first-order valence-electron chi connectivity index (χ1n) is 6.53. The van der Waals surface area contributed by atoms with E-state index in [1.54, 1.807) is 12.1 Å². The zero-order valence-corrected chi connectivity index (χ0v) is 14.5. The highest BCUT2D eigenvalue weighted by atomic mass is 35.5. The number of halogens is 6. The Balaban J connectivity index is 0.00000242. The second kappa shape index (κ2) is 9.59. The van der Waals surface area contributed by atoms with E-state index in [0.717, 1.165) is 31.7 Å². The Hall–Kier alpha value is -0.660. The van der Waals surface area contributed by atoms with Crippen molar-refractivity contribution in [2.24, 2.45) is 0 Å². The Bertz CT molecular complexity index is 509. The fourth-order valence-corrected chi connectivity index (χ4v) is 2.59. The molecule has 3 nitrogen and oxygen atoms in total. The molecule has 0 amide bonds. The number of benzene rings is 1. The first kappa shape index (κ1) is 22.3. The maximum atomic E-state index is 12.2. The van der Waals surface area contributed by atoms with Crippen LogP contribution >= 0.6 is 36.4 Å². The van der Waals surface area contributed by atoms with Gasteiger partial charge in [0, 0.05) is 26.2 Å². The molecule has 1 aromatic carbocycles. The summed E-state index contributed by atoms with van der Waals surface area (Å²) >= 11 is 5.89. The van der Waals surface area contributed by atoms with E-state index in [9.17, 15) is 13.2 Å². The van der Waals surface area contributed by atoms with E-state index in [0.29, 0.717) is 0 Å². The molecule has 1 heterocycles. The van der Waals surface area contributed by atoms with Gasteiger partial charge in [-0.2, -0.15) is 0 Å². The zero-order chi connectivity index (χ0) is 15.5. The second-order valence-electron chi connectivity index (χ2n) is 4.70. The van der Waals surface area contributed by atoms with E-state index < -0.39 is 12.1 Å². The van der Waals surface area contributed by atoms with Gasteiger partial charge in [0.05, 0.1) is 11.1 Å². The standard InChI is InChI=1S/C14H16ClF3N2O.2ClH/c1-2-12(20-7-5-19-6-8-20)10-3-4-13(11(15)9-10)21-14(16,17)18;;/h2-4,9,12,19H,1,5-8H2;2*1H/t12-;;/m0../s1. The Morgan fingerprint density at radius 3 is 2.35 bits per heavy atom. The maximum Gasteiger partial charge on any atom is 0.573 e. The van der Waals surface area contributed by atoms with E-state index in [4.69, 9.17) is 11.6 Å². The number of hydrogen-bond donors (Lipinski definition) is 1. The van der Waals surface area contributed by atoms with Crippen molar-refractivity contribution >= 4 is 36.4 Å². The molecule has 1 aromatic rings. The first-order chi connectivity index (χ1) is 9.90. The van der Waals surface area contributed by atoms with Gasteiger partial charge in [-0.15, -0.1) is 44.6 Å². The molecule has 1 saturated heterocycles. The number of rotatable bonds is 4. The van der Waals surface area contributed by atoms with Crippen molar-refractivity contribution in [3.8, 4) is 5.75 Å². The third-order valence-electron chi connectivity index (χ3n) is 3.29. The van der Waals surface area contributed by atoms with E-state index in [-0.39, 0.29) is 35.9 Å². The van der Waals surface area contributed by atoms with E-state index in [1.807, 2.05) is 0 Å². The largest absolute Gasteiger partial charge is 0.573 e. The minimum Gasteiger partial charge on any atom is -0.404 e. The SMILES string of the molecule is C=C[C@@H](c1ccc(OC(F)(F)F)c(Cl)c1)N1CCNCC1.Cl.Cl. The summed E-state index contributed by atoms with van der Waals surface area (Å²) in [5.41, 5.74) is 0.798. The molecule has 132 valence electrons. The molecule has 0 aromatic heterocycles. The molecule has 1 N–H and O–H groups in total. The van der Waals surface area contributed by atoms with Crippen LogP contribution in [0.25, 0.3) is 0 Å². The van der Waals surface area contributed by atoms with Gasteiger partial charge in [-0.3, -0.25) is 4.90 Å².